The monoisotopic (exact) mass is 617 g/mol. The van der Waals surface area contributed by atoms with Crippen LogP contribution in [0.25, 0.3) is 21.5 Å². The Bertz CT molecular complexity index is 2260. The first-order valence-electron chi connectivity index (χ1n) is 13.7. The van der Waals surface area contributed by atoms with Crippen molar-refractivity contribution in [3.05, 3.63) is 121 Å². The Labute approximate surface area is 257 Å². The van der Waals surface area contributed by atoms with Crippen LogP contribution in [0.4, 0.5) is 38.0 Å². The summed E-state index contributed by atoms with van der Waals surface area (Å²) in [5, 5.41) is 31.7. The number of phenols is 1. The van der Waals surface area contributed by atoms with Crippen LogP contribution in [0.5, 0.6) is 5.75 Å². The van der Waals surface area contributed by atoms with Gasteiger partial charge in [-0.25, -0.2) is 0 Å². The summed E-state index contributed by atoms with van der Waals surface area (Å²) in [4.78, 5) is 13.0. The molecular weight excluding hydrogens is 593 g/mol. The number of halogens is 1. The van der Waals surface area contributed by atoms with Gasteiger partial charge < -0.3 is 5.11 Å². The lowest BCUT2D eigenvalue weighted by Crippen LogP contribution is -2.14. The molecule has 0 saturated heterocycles. The first-order chi connectivity index (χ1) is 21.7. The van der Waals surface area contributed by atoms with Crippen molar-refractivity contribution in [3.63, 3.8) is 0 Å². The molecule has 45 heavy (non-hydrogen) atoms. The molecule has 0 aromatic heterocycles. The molecule has 11 heteroatoms. The maximum absolute atomic E-state index is 13.6. The lowest BCUT2D eigenvalue weighted by atomic mass is 10.1. The van der Waals surface area contributed by atoms with E-state index in [0.29, 0.717) is 45.2 Å². The van der Waals surface area contributed by atoms with Gasteiger partial charge in [-0.05, 0) is 60.3 Å². The van der Waals surface area contributed by atoms with Gasteiger partial charge in [0.15, 0.2) is 5.75 Å². The van der Waals surface area contributed by atoms with Crippen LogP contribution >= 0.6 is 0 Å². The number of azo groups is 2. The average molecular weight is 618 g/mol. The van der Waals surface area contributed by atoms with Gasteiger partial charge in [-0.1, -0.05) is 72.8 Å². The molecule has 0 saturated carbocycles. The van der Waals surface area contributed by atoms with Crippen molar-refractivity contribution in [2.75, 3.05) is 4.90 Å². The molecule has 9 nitrogen and oxygen atoms in total. The van der Waals surface area contributed by atoms with E-state index in [1.165, 1.54) is 17.0 Å². The molecular formula is C34H24FN5O4S. The molecule has 6 aromatic carbocycles. The third kappa shape index (κ3) is 5.89. The zero-order valence-electron chi connectivity index (χ0n) is 23.7. The van der Waals surface area contributed by atoms with Crippen molar-refractivity contribution in [3.8, 4) is 5.75 Å². The predicted molar refractivity (Wildman–Crippen MR) is 172 cm³/mol. The highest BCUT2D eigenvalue weighted by molar-refractivity contribution is 7.86. The van der Waals surface area contributed by atoms with Crippen molar-refractivity contribution >= 4 is 72.3 Å². The Morgan fingerprint density at radius 3 is 1.91 bits per heavy atom. The van der Waals surface area contributed by atoms with Gasteiger partial charge >= 0.3 is 10.2 Å². The number of hydrogen-bond acceptors (Lipinski definition) is 8. The van der Waals surface area contributed by atoms with Crippen molar-refractivity contribution in [1.82, 2.24) is 0 Å². The maximum atomic E-state index is 13.6. The minimum Gasteiger partial charge on any atom is -0.504 e. The molecule has 0 unspecified atom stereocenters. The molecule has 6 rings (SSSR count). The number of amides is 1. The Balaban J connectivity index is 1.42. The third-order valence-electron chi connectivity index (χ3n) is 7.24. The van der Waals surface area contributed by atoms with E-state index in [1.54, 1.807) is 49.4 Å². The number of phenolic OH excluding ortho intramolecular Hbond substituents is 1. The standard InChI is InChI=1S/C34H24FN5O4S/c1-22-15-16-25(45(35,43)44)20-31(22)38-36-29-17-18-30(28-14-8-7-13-27(28)29)37-39-33-26-12-6-5-9-23(26)19-32(34(33)42)40(21-41)24-10-3-2-4-11-24/h2-21,42H,1H3. The number of aryl methyl sites for hydroxylation is 1. The van der Waals surface area contributed by atoms with Gasteiger partial charge in [-0.15, -0.1) is 19.2 Å². The van der Waals surface area contributed by atoms with Gasteiger partial charge in [-0.3, -0.25) is 9.69 Å². The van der Waals surface area contributed by atoms with E-state index in [0.717, 1.165) is 11.5 Å². The molecule has 1 N–H and O–H groups in total. The molecule has 1 amide bonds. The number of nitrogens with zero attached hydrogens (tertiary/aromatic N) is 5. The number of aromatic hydroxyl groups is 1. The fourth-order valence-electron chi connectivity index (χ4n) is 4.94. The molecule has 0 aliphatic heterocycles. The lowest BCUT2D eigenvalue weighted by molar-refractivity contribution is -0.106. The zero-order valence-corrected chi connectivity index (χ0v) is 24.6. The summed E-state index contributed by atoms with van der Waals surface area (Å²) in [5.41, 5.74) is 2.80. The van der Waals surface area contributed by atoms with Crippen LogP contribution in [-0.4, -0.2) is 19.9 Å². The lowest BCUT2D eigenvalue weighted by Gasteiger charge is -2.20. The first kappa shape index (κ1) is 29.3. The number of carbonyl (C=O) groups excluding carboxylic acids is 1. The Morgan fingerprint density at radius 1 is 0.689 bits per heavy atom. The molecule has 0 fully saturated rings. The molecule has 6 aromatic rings. The molecule has 0 spiro atoms. The highest BCUT2D eigenvalue weighted by atomic mass is 32.3. The average Bonchev–Trinajstić information content (AvgIpc) is 3.05. The van der Waals surface area contributed by atoms with Gasteiger partial charge in [-0.2, -0.15) is 13.5 Å². The predicted octanol–water partition coefficient (Wildman–Crippen LogP) is 9.79. The first-order valence-corrected chi connectivity index (χ1v) is 15.1. The van der Waals surface area contributed by atoms with Crippen LogP contribution in [0, 0.1) is 6.92 Å². The SMILES string of the molecule is Cc1ccc(S(=O)(=O)F)cc1N=Nc1ccc(N=Nc2c(O)c(N(C=O)c3ccccc3)cc3ccccc23)c2ccccc12. The molecule has 0 heterocycles. The maximum Gasteiger partial charge on any atom is 0.332 e. The number of anilines is 2. The van der Waals surface area contributed by atoms with Gasteiger partial charge in [0.2, 0.25) is 6.41 Å². The number of hydrogen-bond donors (Lipinski definition) is 1. The molecule has 0 radical (unpaired) electrons. The fourth-order valence-corrected chi connectivity index (χ4v) is 5.42. The summed E-state index contributed by atoms with van der Waals surface area (Å²) in [6, 6.07) is 32.5. The zero-order chi connectivity index (χ0) is 31.6. The van der Waals surface area contributed by atoms with E-state index in [-0.39, 0.29) is 22.8 Å². The van der Waals surface area contributed by atoms with Crippen LogP contribution in [0.2, 0.25) is 0 Å². The van der Waals surface area contributed by atoms with E-state index >= 15 is 0 Å². The van der Waals surface area contributed by atoms with E-state index < -0.39 is 15.1 Å². The minimum absolute atomic E-state index is 0.192. The van der Waals surface area contributed by atoms with Crippen LogP contribution in [0.15, 0.2) is 141 Å². The second-order valence-corrected chi connectivity index (χ2v) is 11.4. The highest BCUT2D eigenvalue weighted by Gasteiger charge is 2.19. The molecule has 0 aliphatic carbocycles. The van der Waals surface area contributed by atoms with Crippen molar-refractivity contribution in [1.29, 1.82) is 0 Å². The fraction of sp³-hybridized carbons (Fsp3) is 0.0294. The molecule has 0 bridgehead atoms. The normalized spacial score (nSPS) is 12.0. The van der Waals surface area contributed by atoms with E-state index in [1.807, 2.05) is 54.6 Å². The summed E-state index contributed by atoms with van der Waals surface area (Å²) in [6.07, 6.45) is 0.634. The number of carbonyl (C=O) groups is 1. The molecule has 222 valence electrons. The Kier molecular flexibility index (Phi) is 7.84. The summed E-state index contributed by atoms with van der Waals surface area (Å²) in [7, 11) is -4.90. The molecule has 0 atom stereocenters. The largest absolute Gasteiger partial charge is 0.504 e. The number of fused-ring (bicyclic) bond motifs is 2. The number of para-hydroxylation sites is 1. The Morgan fingerprint density at radius 2 is 1.27 bits per heavy atom. The topological polar surface area (TPSA) is 124 Å². The number of benzene rings is 6. The van der Waals surface area contributed by atoms with E-state index in [9.17, 15) is 22.2 Å². The van der Waals surface area contributed by atoms with Crippen LogP contribution in [0.3, 0.4) is 0 Å². The highest BCUT2D eigenvalue weighted by Crippen LogP contribution is 2.46. The van der Waals surface area contributed by atoms with Crippen LogP contribution in [-0.2, 0) is 15.0 Å². The summed E-state index contributed by atoms with van der Waals surface area (Å²) in [6.45, 7) is 1.72. The quantitative estimate of drug-likeness (QED) is 0.104. The summed E-state index contributed by atoms with van der Waals surface area (Å²) < 4.78 is 36.3. The Hall–Kier alpha value is -5.81. The van der Waals surface area contributed by atoms with E-state index in [4.69, 9.17) is 0 Å². The van der Waals surface area contributed by atoms with Crippen LogP contribution < -0.4 is 4.90 Å². The van der Waals surface area contributed by atoms with Gasteiger partial charge in [0, 0.05) is 21.8 Å². The summed E-state index contributed by atoms with van der Waals surface area (Å²) in [5.74, 6) is -0.212. The van der Waals surface area contributed by atoms with Crippen molar-refractivity contribution < 1.29 is 22.2 Å². The van der Waals surface area contributed by atoms with Gasteiger partial charge in [0.25, 0.3) is 0 Å². The number of rotatable bonds is 8. The van der Waals surface area contributed by atoms with E-state index in [2.05, 4.69) is 20.5 Å². The minimum atomic E-state index is -4.90. The second kappa shape index (κ2) is 12.1. The smallest absolute Gasteiger partial charge is 0.332 e. The second-order valence-electron chi connectivity index (χ2n) is 10.1. The van der Waals surface area contributed by atoms with Crippen LogP contribution in [0.1, 0.15) is 5.56 Å². The molecule has 0 aliphatic rings. The summed E-state index contributed by atoms with van der Waals surface area (Å²) >= 11 is 0. The van der Waals surface area contributed by atoms with Crippen molar-refractivity contribution in [2.45, 2.75) is 11.8 Å². The van der Waals surface area contributed by atoms with Gasteiger partial charge in [0.1, 0.15) is 10.6 Å². The van der Waals surface area contributed by atoms with Crippen molar-refractivity contribution in [2.24, 2.45) is 20.5 Å². The van der Waals surface area contributed by atoms with Gasteiger partial charge in [0.05, 0.1) is 22.7 Å². The third-order valence-corrected chi connectivity index (χ3v) is 8.05.